The molecule has 1 aromatic rings. The SMILES string of the molecule is CN(C)C(=O)C#C[I+]c1ccccc1. The van der Waals surface area contributed by atoms with E-state index in [1.807, 2.05) is 30.3 Å². The van der Waals surface area contributed by atoms with Gasteiger partial charge in [-0.05, 0) is 12.1 Å². The minimum Gasteiger partial charge on any atom is -0.338 e. The predicted octanol–water partition coefficient (Wildman–Crippen LogP) is -2.01. The second-order valence-electron chi connectivity index (χ2n) is 2.81. The molecule has 0 radical (unpaired) electrons. The molecule has 0 aliphatic heterocycles. The number of nitrogens with zero attached hydrogens (tertiary/aromatic N) is 1. The van der Waals surface area contributed by atoms with Crippen molar-refractivity contribution in [3.63, 3.8) is 0 Å². The summed E-state index contributed by atoms with van der Waals surface area (Å²) in [6.45, 7) is 0. The first kappa shape index (κ1) is 11.1. The van der Waals surface area contributed by atoms with E-state index in [4.69, 9.17) is 0 Å². The number of halogens is 1. The van der Waals surface area contributed by atoms with Gasteiger partial charge in [0, 0.05) is 14.1 Å². The van der Waals surface area contributed by atoms with Crippen molar-refractivity contribution >= 4 is 5.91 Å². The summed E-state index contributed by atoms with van der Waals surface area (Å²) in [6, 6.07) is 10.0. The third-order valence-corrected chi connectivity index (χ3v) is 3.33. The van der Waals surface area contributed by atoms with Crippen LogP contribution in [0.1, 0.15) is 0 Å². The summed E-state index contributed by atoms with van der Waals surface area (Å²) in [6.07, 6.45) is 0. The molecule has 0 aromatic heterocycles. The molecule has 0 saturated heterocycles. The van der Waals surface area contributed by atoms with Crippen LogP contribution in [0.5, 0.6) is 0 Å². The van der Waals surface area contributed by atoms with Crippen LogP contribution in [-0.4, -0.2) is 24.9 Å². The third kappa shape index (κ3) is 3.79. The van der Waals surface area contributed by atoms with Crippen LogP contribution >= 0.6 is 0 Å². The molecule has 0 atom stereocenters. The Balaban J connectivity index is 2.52. The van der Waals surface area contributed by atoms with Gasteiger partial charge >= 0.3 is 27.1 Å². The zero-order chi connectivity index (χ0) is 10.4. The highest BCUT2D eigenvalue weighted by atomic mass is 127. The van der Waals surface area contributed by atoms with Gasteiger partial charge in [0.1, 0.15) is 0 Å². The van der Waals surface area contributed by atoms with E-state index in [9.17, 15) is 4.79 Å². The minimum atomic E-state index is -0.341. The van der Waals surface area contributed by atoms with E-state index in [2.05, 4.69) is 9.85 Å². The number of hydrogen-bond acceptors (Lipinski definition) is 1. The molecule has 0 fully saturated rings. The molecule has 3 heteroatoms. The van der Waals surface area contributed by atoms with Crippen molar-refractivity contribution in [3.05, 3.63) is 33.9 Å². The van der Waals surface area contributed by atoms with E-state index in [1.54, 1.807) is 14.1 Å². The predicted molar refractivity (Wildman–Crippen MR) is 51.6 cm³/mol. The van der Waals surface area contributed by atoms with Crippen molar-refractivity contribution in [2.75, 3.05) is 14.1 Å². The maximum absolute atomic E-state index is 11.1. The monoisotopic (exact) mass is 300 g/mol. The Hall–Kier alpha value is -1.02. The van der Waals surface area contributed by atoms with Gasteiger partial charge in [0.05, 0.1) is 5.92 Å². The maximum atomic E-state index is 11.1. The summed E-state index contributed by atoms with van der Waals surface area (Å²) in [5.41, 5.74) is 0. The van der Waals surface area contributed by atoms with Gasteiger partial charge in [-0.3, -0.25) is 4.79 Å². The molecule has 0 saturated carbocycles. The van der Waals surface area contributed by atoms with E-state index in [1.165, 1.54) is 8.47 Å². The zero-order valence-electron chi connectivity index (χ0n) is 8.12. The smallest absolute Gasteiger partial charge is 0.338 e. The summed E-state index contributed by atoms with van der Waals surface area (Å²) in [4.78, 5) is 12.6. The molecule has 0 aliphatic rings. The van der Waals surface area contributed by atoms with Gasteiger partial charge in [-0.25, -0.2) is 0 Å². The first-order valence-electron chi connectivity index (χ1n) is 4.11. The first-order valence-corrected chi connectivity index (χ1v) is 6.27. The van der Waals surface area contributed by atoms with Crippen molar-refractivity contribution < 1.29 is 26.0 Å². The number of benzene rings is 1. The van der Waals surface area contributed by atoms with Crippen LogP contribution in [0.3, 0.4) is 0 Å². The molecule has 14 heavy (non-hydrogen) atoms. The van der Waals surface area contributed by atoms with Crippen LogP contribution in [0, 0.1) is 13.4 Å². The summed E-state index contributed by atoms with van der Waals surface area (Å²) in [5.74, 6) is 2.49. The molecule has 1 aromatic carbocycles. The number of rotatable bonds is 1. The van der Waals surface area contributed by atoms with Gasteiger partial charge in [-0.15, -0.1) is 0 Å². The summed E-state index contributed by atoms with van der Waals surface area (Å²) >= 11 is -0.341. The quantitative estimate of drug-likeness (QED) is 0.434. The average Bonchev–Trinajstić information content (AvgIpc) is 2.19. The number of carbonyl (C=O) groups excluding carboxylic acids is 1. The van der Waals surface area contributed by atoms with Gasteiger partial charge in [0.25, 0.3) is 0 Å². The van der Waals surface area contributed by atoms with Crippen LogP contribution in [0.4, 0.5) is 0 Å². The summed E-state index contributed by atoms with van der Waals surface area (Å²) in [7, 11) is 3.41. The van der Waals surface area contributed by atoms with Crippen LogP contribution in [-0.2, 0) is 4.79 Å². The van der Waals surface area contributed by atoms with Gasteiger partial charge in [0.2, 0.25) is 3.57 Å². The van der Waals surface area contributed by atoms with Crippen molar-refractivity contribution in [2.45, 2.75) is 0 Å². The first-order chi connectivity index (χ1) is 6.70. The van der Waals surface area contributed by atoms with Gasteiger partial charge in [-0.1, -0.05) is 18.2 Å². The molecule has 0 aliphatic carbocycles. The highest BCUT2D eigenvalue weighted by Gasteiger charge is 2.07. The number of amides is 1. The fourth-order valence-corrected chi connectivity index (χ4v) is 2.16. The Bertz CT molecular complexity index is 362. The van der Waals surface area contributed by atoms with Crippen molar-refractivity contribution in [2.24, 2.45) is 0 Å². The Kier molecular flexibility index (Phi) is 4.47. The Morgan fingerprint density at radius 3 is 2.50 bits per heavy atom. The lowest BCUT2D eigenvalue weighted by molar-refractivity contribution is -0.535. The molecule has 72 valence electrons. The average molecular weight is 300 g/mol. The molecule has 1 amide bonds. The van der Waals surface area contributed by atoms with Crippen molar-refractivity contribution in [1.29, 1.82) is 0 Å². The lowest BCUT2D eigenvalue weighted by Crippen LogP contribution is -3.59. The van der Waals surface area contributed by atoms with Crippen LogP contribution in [0.15, 0.2) is 30.3 Å². The third-order valence-electron chi connectivity index (χ3n) is 1.45. The fourth-order valence-electron chi connectivity index (χ4n) is 0.708. The standard InChI is InChI=1S/C11H11INO/c1-13(2)11(14)8-9-12-10-6-4-3-5-7-10/h3-7H,1-2H3/q+1. The van der Waals surface area contributed by atoms with Gasteiger partial charge in [0.15, 0.2) is 3.93 Å². The lowest BCUT2D eigenvalue weighted by Gasteiger charge is -2.00. The van der Waals surface area contributed by atoms with Gasteiger partial charge < -0.3 is 4.90 Å². The Labute approximate surface area is 94.6 Å². The number of hydrogen-bond donors (Lipinski definition) is 0. The second kappa shape index (κ2) is 5.66. The van der Waals surface area contributed by atoms with Crippen LogP contribution in [0.25, 0.3) is 0 Å². The minimum absolute atomic E-state index is 0.124. The molecule has 0 bridgehead atoms. The lowest BCUT2D eigenvalue weighted by atomic mass is 10.4. The summed E-state index contributed by atoms with van der Waals surface area (Å²) in [5, 5.41) is 0. The molecule has 2 nitrogen and oxygen atoms in total. The molecular weight excluding hydrogens is 289 g/mol. The Morgan fingerprint density at radius 2 is 1.93 bits per heavy atom. The van der Waals surface area contributed by atoms with E-state index in [0.717, 1.165) is 0 Å². The molecule has 1 rings (SSSR count). The van der Waals surface area contributed by atoms with E-state index in [-0.39, 0.29) is 27.1 Å². The maximum Gasteiger partial charge on any atom is 0.420 e. The van der Waals surface area contributed by atoms with Crippen LogP contribution in [0.2, 0.25) is 0 Å². The van der Waals surface area contributed by atoms with Crippen LogP contribution < -0.4 is 21.2 Å². The molecule has 0 heterocycles. The molecule has 0 N–H and O–H groups in total. The van der Waals surface area contributed by atoms with E-state index < -0.39 is 0 Å². The molecular formula is C11H11INO+. The van der Waals surface area contributed by atoms with E-state index in [0.29, 0.717) is 0 Å². The fraction of sp³-hybridized carbons (Fsp3) is 0.182. The second-order valence-corrected chi connectivity index (χ2v) is 5.13. The Morgan fingerprint density at radius 1 is 1.29 bits per heavy atom. The normalized spacial score (nSPS) is 8.71. The number of carbonyl (C=O) groups is 1. The zero-order valence-corrected chi connectivity index (χ0v) is 10.3. The summed E-state index contributed by atoms with van der Waals surface area (Å²) < 4.78 is 4.19. The van der Waals surface area contributed by atoms with E-state index >= 15 is 0 Å². The molecule has 0 spiro atoms. The topological polar surface area (TPSA) is 20.3 Å². The highest BCUT2D eigenvalue weighted by molar-refractivity contribution is 5.92. The van der Waals surface area contributed by atoms with Crippen molar-refractivity contribution in [3.8, 4) is 9.85 Å². The van der Waals surface area contributed by atoms with Gasteiger partial charge in [-0.2, -0.15) is 0 Å². The highest BCUT2D eigenvalue weighted by Crippen LogP contribution is 1.81. The van der Waals surface area contributed by atoms with Crippen molar-refractivity contribution in [1.82, 2.24) is 4.90 Å². The largest absolute Gasteiger partial charge is 0.420 e. The molecule has 0 unspecified atom stereocenters.